The molecule has 1 heteroatoms. The van der Waals surface area contributed by atoms with Gasteiger partial charge in [-0.05, 0) is 25.8 Å². The highest BCUT2D eigenvalue weighted by molar-refractivity contribution is 5.22. The minimum absolute atomic E-state index is 0.554. The SMILES string of the molecule is CCCCC1C(C)=CCC=C1OC. The van der Waals surface area contributed by atoms with E-state index in [0.29, 0.717) is 5.92 Å². The Balaban J connectivity index is 2.58. The number of rotatable bonds is 4. The Morgan fingerprint density at radius 3 is 2.85 bits per heavy atom. The molecule has 0 fully saturated rings. The van der Waals surface area contributed by atoms with Gasteiger partial charge in [0.15, 0.2) is 0 Å². The van der Waals surface area contributed by atoms with Crippen molar-refractivity contribution in [3.8, 4) is 0 Å². The van der Waals surface area contributed by atoms with Gasteiger partial charge in [-0.25, -0.2) is 0 Å². The van der Waals surface area contributed by atoms with E-state index in [1.807, 2.05) is 0 Å². The van der Waals surface area contributed by atoms with Gasteiger partial charge in [0.1, 0.15) is 0 Å². The first-order valence-electron chi connectivity index (χ1n) is 5.20. The van der Waals surface area contributed by atoms with E-state index in [1.165, 1.54) is 30.6 Å². The van der Waals surface area contributed by atoms with E-state index in [-0.39, 0.29) is 0 Å². The third-order valence-electron chi connectivity index (χ3n) is 2.73. The molecule has 0 saturated carbocycles. The minimum atomic E-state index is 0.554. The second-order valence-electron chi connectivity index (χ2n) is 3.69. The Morgan fingerprint density at radius 1 is 1.46 bits per heavy atom. The van der Waals surface area contributed by atoms with Crippen LogP contribution in [0.25, 0.3) is 0 Å². The maximum atomic E-state index is 5.39. The minimum Gasteiger partial charge on any atom is -0.501 e. The van der Waals surface area contributed by atoms with Gasteiger partial charge >= 0.3 is 0 Å². The van der Waals surface area contributed by atoms with Crippen LogP contribution in [0, 0.1) is 5.92 Å². The molecule has 0 radical (unpaired) electrons. The van der Waals surface area contributed by atoms with Crippen molar-refractivity contribution in [1.29, 1.82) is 0 Å². The fourth-order valence-corrected chi connectivity index (χ4v) is 1.87. The van der Waals surface area contributed by atoms with Crippen LogP contribution in [0.1, 0.15) is 39.5 Å². The van der Waals surface area contributed by atoms with E-state index in [0.717, 1.165) is 6.42 Å². The van der Waals surface area contributed by atoms with E-state index < -0.39 is 0 Å². The van der Waals surface area contributed by atoms with Crippen LogP contribution in [-0.4, -0.2) is 7.11 Å². The Morgan fingerprint density at radius 2 is 2.23 bits per heavy atom. The van der Waals surface area contributed by atoms with Crippen LogP contribution in [-0.2, 0) is 4.74 Å². The topological polar surface area (TPSA) is 9.23 Å². The van der Waals surface area contributed by atoms with E-state index >= 15 is 0 Å². The summed E-state index contributed by atoms with van der Waals surface area (Å²) >= 11 is 0. The molecule has 1 rings (SSSR count). The zero-order chi connectivity index (χ0) is 9.68. The molecular formula is C12H20O. The highest BCUT2D eigenvalue weighted by atomic mass is 16.5. The largest absolute Gasteiger partial charge is 0.501 e. The third-order valence-corrected chi connectivity index (χ3v) is 2.73. The molecule has 1 aliphatic carbocycles. The molecule has 0 saturated heterocycles. The van der Waals surface area contributed by atoms with Gasteiger partial charge in [-0.1, -0.05) is 31.4 Å². The molecule has 0 amide bonds. The molecule has 1 unspecified atom stereocenters. The third kappa shape index (κ3) is 2.61. The summed E-state index contributed by atoms with van der Waals surface area (Å²) in [5.74, 6) is 1.73. The van der Waals surface area contributed by atoms with Crippen LogP contribution >= 0.6 is 0 Å². The van der Waals surface area contributed by atoms with Crippen molar-refractivity contribution in [3.05, 3.63) is 23.5 Å². The molecule has 1 atom stereocenters. The monoisotopic (exact) mass is 180 g/mol. The summed E-state index contributed by atoms with van der Waals surface area (Å²) in [5, 5.41) is 0. The van der Waals surface area contributed by atoms with Crippen LogP contribution in [0.3, 0.4) is 0 Å². The average molecular weight is 180 g/mol. The summed E-state index contributed by atoms with van der Waals surface area (Å²) in [4.78, 5) is 0. The molecule has 13 heavy (non-hydrogen) atoms. The predicted molar refractivity (Wildman–Crippen MR) is 56.5 cm³/mol. The predicted octanol–water partition coefficient (Wildman–Crippen LogP) is 3.67. The number of ether oxygens (including phenoxy) is 1. The fourth-order valence-electron chi connectivity index (χ4n) is 1.87. The summed E-state index contributed by atoms with van der Waals surface area (Å²) in [6.45, 7) is 4.45. The molecule has 1 nitrogen and oxygen atoms in total. The molecule has 0 spiro atoms. The Labute approximate surface area is 81.5 Å². The van der Waals surface area contributed by atoms with Crippen LogP contribution in [0.4, 0.5) is 0 Å². The highest BCUT2D eigenvalue weighted by Gasteiger charge is 2.18. The number of hydrogen-bond acceptors (Lipinski definition) is 1. The zero-order valence-electron chi connectivity index (χ0n) is 8.97. The smallest absolute Gasteiger partial charge is 0.0989 e. The average Bonchev–Trinajstić information content (AvgIpc) is 2.15. The standard InChI is InChI=1S/C12H20O/c1-4-5-8-11-10(2)7-6-9-12(11)13-3/h7,9,11H,4-6,8H2,1-3H3. The van der Waals surface area contributed by atoms with Crippen LogP contribution in [0.2, 0.25) is 0 Å². The van der Waals surface area contributed by atoms with Gasteiger partial charge in [0.25, 0.3) is 0 Å². The molecule has 0 aromatic heterocycles. The van der Waals surface area contributed by atoms with Gasteiger partial charge in [-0.15, -0.1) is 0 Å². The lowest BCUT2D eigenvalue weighted by Gasteiger charge is -2.23. The second kappa shape index (κ2) is 5.11. The van der Waals surface area contributed by atoms with E-state index in [4.69, 9.17) is 4.74 Å². The molecule has 0 aliphatic heterocycles. The van der Waals surface area contributed by atoms with E-state index in [9.17, 15) is 0 Å². The molecule has 0 heterocycles. The first-order chi connectivity index (χ1) is 6.29. The molecule has 74 valence electrons. The summed E-state index contributed by atoms with van der Waals surface area (Å²) in [6, 6.07) is 0. The van der Waals surface area contributed by atoms with E-state index in [1.54, 1.807) is 7.11 Å². The van der Waals surface area contributed by atoms with Crippen molar-refractivity contribution in [2.75, 3.05) is 7.11 Å². The zero-order valence-corrected chi connectivity index (χ0v) is 8.97. The van der Waals surface area contributed by atoms with Crippen LogP contribution < -0.4 is 0 Å². The normalized spacial score (nSPS) is 22.2. The maximum Gasteiger partial charge on any atom is 0.0989 e. The highest BCUT2D eigenvalue weighted by Crippen LogP contribution is 2.30. The molecule has 0 aromatic carbocycles. The summed E-state index contributed by atoms with van der Waals surface area (Å²) < 4.78 is 5.39. The first-order valence-corrected chi connectivity index (χ1v) is 5.20. The van der Waals surface area contributed by atoms with Crippen molar-refractivity contribution >= 4 is 0 Å². The second-order valence-corrected chi connectivity index (χ2v) is 3.69. The Hall–Kier alpha value is -0.720. The number of hydrogen-bond donors (Lipinski definition) is 0. The van der Waals surface area contributed by atoms with Gasteiger partial charge < -0.3 is 4.74 Å². The Bertz CT molecular complexity index is 213. The molecule has 0 aromatic rings. The molecule has 0 bridgehead atoms. The Kier molecular flexibility index (Phi) is 4.07. The lowest BCUT2D eigenvalue weighted by Crippen LogP contribution is -2.10. The van der Waals surface area contributed by atoms with Gasteiger partial charge in [0.2, 0.25) is 0 Å². The lowest BCUT2D eigenvalue weighted by atomic mass is 9.88. The van der Waals surface area contributed by atoms with Crippen LogP contribution in [0.5, 0.6) is 0 Å². The molecule has 0 N–H and O–H groups in total. The van der Waals surface area contributed by atoms with Gasteiger partial charge in [-0.3, -0.25) is 0 Å². The fraction of sp³-hybridized carbons (Fsp3) is 0.667. The molecule has 1 aliphatic rings. The van der Waals surface area contributed by atoms with Crippen molar-refractivity contribution in [1.82, 2.24) is 0 Å². The number of unbranched alkanes of at least 4 members (excludes halogenated alkanes) is 1. The van der Waals surface area contributed by atoms with Crippen molar-refractivity contribution in [2.45, 2.75) is 39.5 Å². The lowest BCUT2D eigenvalue weighted by molar-refractivity contribution is 0.243. The number of methoxy groups -OCH3 is 1. The summed E-state index contributed by atoms with van der Waals surface area (Å²) in [7, 11) is 1.78. The molecular weight excluding hydrogens is 160 g/mol. The van der Waals surface area contributed by atoms with Crippen molar-refractivity contribution in [3.63, 3.8) is 0 Å². The maximum absolute atomic E-state index is 5.39. The van der Waals surface area contributed by atoms with E-state index in [2.05, 4.69) is 26.0 Å². The van der Waals surface area contributed by atoms with Gasteiger partial charge in [-0.2, -0.15) is 0 Å². The number of allylic oxidation sites excluding steroid dienone is 3. The van der Waals surface area contributed by atoms with Crippen LogP contribution in [0.15, 0.2) is 23.5 Å². The summed E-state index contributed by atoms with van der Waals surface area (Å²) in [5.41, 5.74) is 1.48. The summed E-state index contributed by atoms with van der Waals surface area (Å²) in [6.07, 6.45) is 9.34. The quantitative estimate of drug-likeness (QED) is 0.600. The van der Waals surface area contributed by atoms with Gasteiger partial charge in [0.05, 0.1) is 12.9 Å². The van der Waals surface area contributed by atoms with Gasteiger partial charge in [0, 0.05) is 5.92 Å². The van der Waals surface area contributed by atoms with Crippen molar-refractivity contribution < 1.29 is 4.74 Å². The first kappa shape index (κ1) is 10.4. The van der Waals surface area contributed by atoms with Crippen molar-refractivity contribution in [2.24, 2.45) is 5.92 Å².